The van der Waals surface area contributed by atoms with Crippen LogP contribution in [-0.4, -0.2) is 76.4 Å². The molecule has 2 aliphatic heterocycles. The van der Waals surface area contributed by atoms with Crippen LogP contribution in [0.5, 0.6) is 0 Å². The van der Waals surface area contributed by atoms with Crippen molar-refractivity contribution in [1.82, 2.24) is 24.5 Å². The Balaban J connectivity index is 1.31. The van der Waals surface area contributed by atoms with Crippen LogP contribution in [0, 0.1) is 0 Å². The minimum atomic E-state index is -4.00. The van der Waals surface area contributed by atoms with Gasteiger partial charge in [-0.25, -0.2) is 18.4 Å². The third-order valence-corrected chi connectivity index (χ3v) is 8.70. The Bertz CT molecular complexity index is 1430. The van der Waals surface area contributed by atoms with Crippen LogP contribution in [0.15, 0.2) is 70.7 Å². The number of likely N-dealkylation sites (tertiary alicyclic amines) is 1. The van der Waals surface area contributed by atoms with E-state index in [2.05, 4.69) is 15.3 Å². The highest BCUT2D eigenvalue weighted by Gasteiger charge is 2.54. The van der Waals surface area contributed by atoms with E-state index in [4.69, 9.17) is 4.42 Å². The fourth-order valence-electron chi connectivity index (χ4n) is 5.09. The van der Waals surface area contributed by atoms with Gasteiger partial charge in [-0.2, -0.15) is 4.31 Å². The second-order valence-corrected chi connectivity index (χ2v) is 11.1. The lowest BCUT2D eigenvalue weighted by Crippen LogP contribution is -2.52. The third-order valence-electron chi connectivity index (χ3n) is 6.92. The first-order chi connectivity index (χ1) is 18.3. The van der Waals surface area contributed by atoms with Crippen LogP contribution in [0.3, 0.4) is 0 Å². The zero-order chi connectivity index (χ0) is 26.9. The van der Waals surface area contributed by atoms with Gasteiger partial charge in [-0.3, -0.25) is 14.4 Å². The SMILES string of the molecule is CCCC(NC(=O)c1ccc(-c2cnco2)cc1)C(=O)N1CCC2C1C(=O)CN2S(=O)(=O)c1ccccn1. The van der Waals surface area contributed by atoms with Crippen molar-refractivity contribution in [3.05, 3.63) is 66.8 Å². The Morgan fingerprint density at radius 3 is 2.63 bits per heavy atom. The number of hydrogen-bond acceptors (Lipinski definition) is 8. The topological polar surface area (TPSA) is 143 Å². The highest BCUT2D eigenvalue weighted by atomic mass is 32.2. The highest BCUT2D eigenvalue weighted by Crippen LogP contribution is 2.34. The monoisotopic (exact) mass is 537 g/mol. The van der Waals surface area contributed by atoms with Gasteiger partial charge in [-0.1, -0.05) is 31.5 Å². The van der Waals surface area contributed by atoms with E-state index in [1.807, 2.05) is 6.92 Å². The molecule has 2 amide bonds. The number of oxazole rings is 1. The summed E-state index contributed by atoms with van der Waals surface area (Å²) < 4.78 is 32.8. The average Bonchev–Trinajstić information content (AvgIpc) is 3.68. The molecule has 5 rings (SSSR count). The first-order valence-electron chi connectivity index (χ1n) is 12.4. The van der Waals surface area contributed by atoms with Gasteiger partial charge in [0.05, 0.1) is 18.8 Å². The Morgan fingerprint density at radius 1 is 1.18 bits per heavy atom. The lowest BCUT2D eigenvalue weighted by molar-refractivity contribution is -0.138. The molecule has 0 bridgehead atoms. The minimum Gasteiger partial charge on any atom is -0.444 e. The first kappa shape index (κ1) is 25.7. The number of amides is 2. The minimum absolute atomic E-state index is 0.135. The maximum Gasteiger partial charge on any atom is 0.261 e. The van der Waals surface area contributed by atoms with Gasteiger partial charge in [0, 0.05) is 23.9 Å². The Kier molecular flexibility index (Phi) is 7.09. The van der Waals surface area contributed by atoms with E-state index in [0.717, 1.165) is 9.87 Å². The van der Waals surface area contributed by atoms with Crippen LogP contribution in [0.2, 0.25) is 0 Å². The maximum absolute atomic E-state index is 13.6. The van der Waals surface area contributed by atoms with Gasteiger partial charge >= 0.3 is 0 Å². The summed E-state index contributed by atoms with van der Waals surface area (Å²) in [6, 6.07) is 8.87. The molecule has 3 atom stereocenters. The maximum atomic E-state index is 13.6. The summed E-state index contributed by atoms with van der Waals surface area (Å²) in [7, 11) is -4.00. The molecule has 0 radical (unpaired) electrons. The number of Topliss-reactive ketones (excluding diaryl/α,β-unsaturated/α-hetero) is 1. The van der Waals surface area contributed by atoms with E-state index < -0.39 is 40.0 Å². The van der Waals surface area contributed by atoms with Gasteiger partial charge in [-0.05, 0) is 37.1 Å². The first-order valence-corrected chi connectivity index (χ1v) is 13.8. The molecule has 0 aliphatic carbocycles. The molecule has 12 heteroatoms. The zero-order valence-electron chi connectivity index (χ0n) is 20.7. The van der Waals surface area contributed by atoms with Gasteiger partial charge in [0.25, 0.3) is 15.9 Å². The van der Waals surface area contributed by atoms with Crippen LogP contribution in [0.1, 0.15) is 36.5 Å². The number of nitrogens with one attached hydrogen (secondary N) is 1. The quantitative estimate of drug-likeness (QED) is 0.459. The number of carbonyl (C=O) groups excluding carboxylic acids is 3. The van der Waals surface area contributed by atoms with Crippen molar-refractivity contribution < 1.29 is 27.2 Å². The highest BCUT2D eigenvalue weighted by molar-refractivity contribution is 7.89. The summed E-state index contributed by atoms with van der Waals surface area (Å²) in [4.78, 5) is 48.8. The molecule has 38 heavy (non-hydrogen) atoms. The van der Waals surface area contributed by atoms with E-state index in [0.29, 0.717) is 30.6 Å². The molecule has 11 nitrogen and oxygen atoms in total. The fraction of sp³-hybridized carbons (Fsp3) is 0.346. The number of nitrogens with zero attached hydrogens (tertiary/aromatic N) is 4. The summed E-state index contributed by atoms with van der Waals surface area (Å²) in [5, 5.41) is 2.67. The van der Waals surface area contributed by atoms with E-state index in [1.165, 1.54) is 23.6 Å². The summed E-state index contributed by atoms with van der Waals surface area (Å²) in [5.41, 5.74) is 1.12. The number of sulfonamides is 1. The van der Waals surface area contributed by atoms with Gasteiger partial charge in [0.2, 0.25) is 5.91 Å². The molecule has 2 aromatic heterocycles. The predicted molar refractivity (Wildman–Crippen MR) is 135 cm³/mol. The van der Waals surface area contributed by atoms with Crippen LogP contribution in [0.25, 0.3) is 11.3 Å². The van der Waals surface area contributed by atoms with Gasteiger partial charge in [0.15, 0.2) is 23.0 Å². The van der Waals surface area contributed by atoms with Crippen molar-refractivity contribution in [3.8, 4) is 11.3 Å². The van der Waals surface area contributed by atoms with Gasteiger partial charge < -0.3 is 14.6 Å². The number of aromatic nitrogens is 2. The summed E-state index contributed by atoms with van der Waals surface area (Å²) >= 11 is 0. The van der Waals surface area contributed by atoms with Crippen molar-refractivity contribution in [2.24, 2.45) is 0 Å². The van der Waals surface area contributed by atoms with Crippen molar-refractivity contribution in [1.29, 1.82) is 0 Å². The molecule has 2 saturated heterocycles. The van der Waals surface area contributed by atoms with Crippen molar-refractivity contribution in [3.63, 3.8) is 0 Å². The summed E-state index contributed by atoms with van der Waals surface area (Å²) in [6.45, 7) is 1.80. The average molecular weight is 538 g/mol. The molecule has 3 unspecified atom stereocenters. The number of ketones is 1. The molecular formula is C26H27N5O6S. The number of carbonyl (C=O) groups is 3. The van der Waals surface area contributed by atoms with E-state index in [1.54, 1.807) is 42.6 Å². The molecule has 1 aromatic carbocycles. The molecule has 0 spiro atoms. The van der Waals surface area contributed by atoms with Crippen LogP contribution in [0.4, 0.5) is 0 Å². The standard InChI is InChI=1S/C26H27N5O6S/c1-2-5-19(29-25(33)18-9-7-17(8-10-18)22-14-27-16-37-22)26(34)30-13-11-20-24(30)21(32)15-31(20)38(35,36)23-6-3-4-12-28-23/h3-4,6-10,12,14,16,19-20,24H,2,5,11,13,15H2,1H3,(H,29,33). The molecule has 2 aliphatic rings. The predicted octanol–water partition coefficient (Wildman–Crippen LogP) is 1.88. The van der Waals surface area contributed by atoms with Crippen molar-refractivity contribution >= 4 is 27.6 Å². The summed E-state index contributed by atoms with van der Waals surface area (Å²) in [6.07, 6.45) is 5.59. The molecule has 4 heterocycles. The van der Waals surface area contributed by atoms with E-state index >= 15 is 0 Å². The zero-order valence-corrected chi connectivity index (χ0v) is 21.5. The van der Waals surface area contributed by atoms with Gasteiger partial charge in [-0.15, -0.1) is 0 Å². The molecule has 0 saturated carbocycles. The van der Waals surface area contributed by atoms with Crippen LogP contribution >= 0.6 is 0 Å². The van der Waals surface area contributed by atoms with E-state index in [-0.39, 0.29) is 23.9 Å². The van der Waals surface area contributed by atoms with Crippen molar-refractivity contribution in [2.75, 3.05) is 13.1 Å². The number of rotatable bonds is 8. The number of benzene rings is 1. The van der Waals surface area contributed by atoms with E-state index in [9.17, 15) is 22.8 Å². The molecular weight excluding hydrogens is 510 g/mol. The van der Waals surface area contributed by atoms with Crippen LogP contribution < -0.4 is 5.32 Å². The number of fused-ring (bicyclic) bond motifs is 1. The lowest BCUT2D eigenvalue weighted by Gasteiger charge is -2.28. The third kappa shape index (κ3) is 4.72. The van der Waals surface area contributed by atoms with Crippen LogP contribution in [-0.2, 0) is 19.6 Å². The molecule has 2 fully saturated rings. The number of hydrogen-bond donors (Lipinski definition) is 1. The molecule has 198 valence electrons. The Morgan fingerprint density at radius 2 is 1.97 bits per heavy atom. The van der Waals surface area contributed by atoms with Crippen molar-refractivity contribution in [2.45, 2.75) is 49.3 Å². The fourth-order valence-corrected chi connectivity index (χ4v) is 6.65. The molecule has 1 N–H and O–H groups in total. The Hall–Kier alpha value is -3.90. The second kappa shape index (κ2) is 10.5. The lowest BCUT2D eigenvalue weighted by atomic mass is 10.1. The van der Waals surface area contributed by atoms with Gasteiger partial charge in [0.1, 0.15) is 12.1 Å². The largest absolute Gasteiger partial charge is 0.444 e. The second-order valence-electron chi connectivity index (χ2n) is 9.27. The smallest absolute Gasteiger partial charge is 0.261 e. The number of pyridine rings is 1. The Labute approximate surface area is 219 Å². The molecule has 3 aromatic rings. The normalized spacial score (nSPS) is 20.3. The summed E-state index contributed by atoms with van der Waals surface area (Å²) in [5.74, 6) is -0.588.